The van der Waals surface area contributed by atoms with Crippen molar-refractivity contribution >= 4 is 27.3 Å². The maximum Gasteiger partial charge on any atom is 0.0702 e. The van der Waals surface area contributed by atoms with Crippen molar-refractivity contribution in [3.8, 4) is 0 Å². The fourth-order valence-corrected chi connectivity index (χ4v) is 4.47. The van der Waals surface area contributed by atoms with Crippen LogP contribution in [0.15, 0.2) is 10.5 Å². The molecular weight excluding hydrogens is 336 g/mol. The molecule has 2 rings (SSSR count). The summed E-state index contributed by atoms with van der Waals surface area (Å²) in [6, 6.07) is 2.56. The highest BCUT2D eigenvalue weighted by Gasteiger charge is 2.27. The molecule has 0 amide bonds. The van der Waals surface area contributed by atoms with Gasteiger partial charge in [0, 0.05) is 33.9 Å². The summed E-state index contributed by atoms with van der Waals surface area (Å²) in [6.45, 7) is 7.99. The Balaban J connectivity index is 2.03. The van der Waals surface area contributed by atoms with E-state index in [2.05, 4.69) is 40.7 Å². The predicted octanol–water partition coefficient (Wildman–Crippen LogP) is 3.71. The van der Waals surface area contributed by atoms with E-state index in [1.165, 1.54) is 27.1 Å². The molecule has 1 aliphatic rings. The minimum atomic E-state index is 0.332. The second-order valence-corrected chi connectivity index (χ2v) is 7.58. The standard InChI is InChI=1S/C15H25BrN2OS/c1-3-7-19-12-5-4-6-18(10-12)14(9-17)15-8-13(16)11(2)20-15/h8,12,14H,3-7,9-10,17H2,1-2H3. The van der Waals surface area contributed by atoms with Gasteiger partial charge in [-0.1, -0.05) is 6.92 Å². The van der Waals surface area contributed by atoms with Gasteiger partial charge in [-0.3, -0.25) is 4.90 Å². The van der Waals surface area contributed by atoms with Gasteiger partial charge in [0.05, 0.1) is 12.1 Å². The topological polar surface area (TPSA) is 38.5 Å². The molecule has 1 aliphatic heterocycles. The molecule has 20 heavy (non-hydrogen) atoms. The van der Waals surface area contributed by atoms with Crippen molar-refractivity contribution in [2.45, 2.75) is 45.3 Å². The molecule has 2 heterocycles. The Bertz CT molecular complexity index is 405. The zero-order chi connectivity index (χ0) is 14.5. The lowest BCUT2D eigenvalue weighted by Gasteiger charge is -2.37. The van der Waals surface area contributed by atoms with Crippen molar-refractivity contribution in [3.63, 3.8) is 0 Å². The van der Waals surface area contributed by atoms with Crippen LogP contribution in [0.1, 0.15) is 42.0 Å². The van der Waals surface area contributed by atoms with E-state index in [0.29, 0.717) is 18.7 Å². The lowest BCUT2D eigenvalue weighted by Crippen LogP contribution is -2.43. The average Bonchev–Trinajstić information content (AvgIpc) is 2.77. The van der Waals surface area contributed by atoms with E-state index >= 15 is 0 Å². The van der Waals surface area contributed by atoms with Crippen molar-refractivity contribution in [1.29, 1.82) is 0 Å². The summed E-state index contributed by atoms with van der Waals surface area (Å²) in [5.41, 5.74) is 6.05. The maximum atomic E-state index is 6.05. The first kappa shape index (κ1) is 16.4. The number of piperidine rings is 1. The van der Waals surface area contributed by atoms with Gasteiger partial charge in [-0.2, -0.15) is 0 Å². The summed E-state index contributed by atoms with van der Waals surface area (Å²) in [5, 5.41) is 0. The smallest absolute Gasteiger partial charge is 0.0702 e. The Morgan fingerprint density at radius 3 is 3.00 bits per heavy atom. The van der Waals surface area contributed by atoms with Crippen LogP contribution < -0.4 is 5.73 Å². The number of hydrogen-bond acceptors (Lipinski definition) is 4. The van der Waals surface area contributed by atoms with E-state index in [1.54, 1.807) is 0 Å². The number of rotatable bonds is 6. The van der Waals surface area contributed by atoms with Crippen molar-refractivity contribution in [2.24, 2.45) is 5.73 Å². The third kappa shape index (κ3) is 4.04. The SMILES string of the molecule is CCCOC1CCCN(C(CN)c2cc(Br)c(C)s2)C1. The number of halogens is 1. The third-order valence-electron chi connectivity index (χ3n) is 3.84. The summed E-state index contributed by atoms with van der Waals surface area (Å²) >= 11 is 5.46. The largest absolute Gasteiger partial charge is 0.377 e. The van der Waals surface area contributed by atoms with Crippen LogP contribution >= 0.6 is 27.3 Å². The fourth-order valence-electron chi connectivity index (χ4n) is 2.76. The third-order valence-corrected chi connectivity index (χ3v) is 6.07. The van der Waals surface area contributed by atoms with Crippen LogP contribution in [0.25, 0.3) is 0 Å². The van der Waals surface area contributed by atoms with Crippen molar-refractivity contribution in [2.75, 3.05) is 26.2 Å². The van der Waals surface area contributed by atoms with Gasteiger partial charge >= 0.3 is 0 Å². The second-order valence-electron chi connectivity index (χ2n) is 5.43. The van der Waals surface area contributed by atoms with Crippen LogP contribution in [0.3, 0.4) is 0 Å². The Kier molecular flexibility index (Phi) is 6.49. The van der Waals surface area contributed by atoms with Crippen molar-refractivity contribution < 1.29 is 4.74 Å². The number of nitrogens with two attached hydrogens (primary N) is 1. The van der Waals surface area contributed by atoms with E-state index in [9.17, 15) is 0 Å². The van der Waals surface area contributed by atoms with Gasteiger partial charge in [0.1, 0.15) is 0 Å². The zero-order valence-corrected chi connectivity index (χ0v) is 14.8. The number of nitrogens with zero attached hydrogens (tertiary/aromatic N) is 1. The lowest BCUT2D eigenvalue weighted by atomic mass is 10.0. The molecule has 2 unspecified atom stereocenters. The molecule has 1 fully saturated rings. The number of hydrogen-bond donors (Lipinski definition) is 1. The predicted molar refractivity (Wildman–Crippen MR) is 89.4 cm³/mol. The van der Waals surface area contributed by atoms with Gasteiger partial charge in [-0.05, 0) is 54.7 Å². The molecule has 0 aromatic carbocycles. The molecule has 1 aromatic rings. The number of ether oxygens (including phenoxy) is 1. The molecule has 0 aliphatic carbocycles. The van der Waals surface area contributed by atoms with E-state index in [1.807, 2.05) is 11.3 Å². The van der Waals surface area contributed by atoms with Gasteiger partial charge < -0.3 is 10.5 Å². The fraction of sp³-hybridized carbons (Fsp3) is 0.733. The van der Waals surface area contributed by atoms with E-state index in [4.69, 9.17) is 10.5 Å². The molecule has 2 N–H and O–H groups in total. The number of thiophene rings is 1. The monoisotopic (exact) mass is 360 g/mol. The number of likely N-dealkylation sites (tertiary alicyclic amines) is 1. The Morgan fingerprint density at radius 2 is 2.40 bits per heavy atom. The Labute approximate surface area is 134 Å². The van der Waals surface area contributed by atoms with Crippen LogP contribution in [-0.2, 0) is 4.74 Å². The molecule has 0 spiro atoms. The molecule has 114 valence electrons. The first-order valence-corrected chi connectivity index (χ1v) is 9.08. The normalized spacial score (nSPS) is 22.1. The zero-order valence-electron chi connectivity index (χ0n) is 12.4. The van der Waals surface area contributed by atoms with Gasteiger partial charge in [0.15, 0.2) is 0 Å². The van der Waals surface area contributed by atoms with Gasteiger partial charge in [0.2, 0.25) is 0 Å². The second kappa shape index (κ2) is 7.90. The van der Waals surface area contributed by atoms with Gasteiger partial charge in [-0.15, -0.1) is 11.3 Å². The minimum absolute atomic E-state index is 0.332. The summed E-state index contributed by atoms with van der Waals surface area (Å²) in [5.74, 6) is 0. The van der Waals surface area contributed by atoms with E-state index in [0.717, 1.165) is 26.1 Å². The highest BCUT2D eigenvalue weighted by molar-refractivity contribution is 9.10. The average molecular weight is 361 g/mol. The first-order valence-electron chi connectivity index (χ1n) is 7.47. The summed E-state index contributed by atoms with van der Waals surface area (Å²) in [4.78, 5) is 5.20. The molecule has 1 saturated heterocycles. The summed E-state index contributed by atoms with van der Waals surface area (Å²) in [6.07, 6.45) is 3.85. The Morgan fingerprint density at radius 1 is 1.60 bits per heavy atom. The molecule has 1 aromatic heterocycles. The van der Waals surface area contributed by atoms with Crippen LogP contribution in [0.2, 0.25) is 0 Å². The number of aryl methyl sites for hydroxylation is 1. The van der Waals surface area contributed by atoms with Crippen LogP contribution in [0.4, 0.5) is 0 Å². The molecular formula is C15H25BrN2OS. The van der Waals surface area contributed by atoms with E-state index < -0.39 is 0 Å². The molecule has 0 saturated carbocycles. The molecule has 0 radical (unpaired) electrons. The highest BCUT2D eigenvalue weighted by Crippen LogP contribution is 2.34. The van der Waals surface area contributed by atoms with E-state index in [-0.39, 0.29) is 0 Å². The van der Waals surface area contributed by atoms with Crippen molar-refractivity contribution in [3.05, 3.63) is 20.3 Å². The first-order chi connectivity index (χ1) is 9.65. The molecule has 2 atom stereocenters. The molecule has 3 nitrogen and oxygen atoms in total. The lowest BCUT2D eigenvalue weighted by molar-refractivity contribution is -0.0114. The molecule has 5 heteroatoms. The van der Waals surface area contributed by atoms with Crippen molar-refractivity contribution in [1.82, 2.24) is 4.90 Å². The van der Waals surface area contributed by atoms with Crippen LogP contribution in [0, 0.1) is 6.92 Å². The van der Waals surface area contributed by atoms with Gasteiger partial charge in [-0.25, -0.2) is 0 Å². The molecule has 0 bridgehead atoms. The maximum absolute atomic E-state index is 6.05. The minimum Gasteiger partial charge on any atom is -0.377 e. The summed E-state index contributed by atoms with van der Waals surface area (Å²) in [7, 11) is 0. The Hall–Kier alpha value is 0.0600. The highest BCUT2D eigenvalue weighted by atomic mass is 79.9. The quantitative estimate of drug-likeness (QED) is 0.840. The summed E-state index contributed by atoms with van der Waals surface area (Å²) < 4.78 is 7.13. The van der Waals surface area contributed by atoms with Gasteiger partial charge in [0.25, 0.3) is 0 Å². The van der Waals surface area contributed by atoms with Crippen LogP contribution in [-0.4, -0.2) is 37.2 Å². The van der Waals surface area contributed by atoms with Crippen LogP contribution in [0.5, 0.6) is 0 Å².